The smallest absolute Gasteiger partial charge is 0.339 e. The van der Waals surface area contributed by atoms with E-state index in [-0.39, 0.29) is 5.56 Å². The highest BCUT2D eigenvalue weighted by Crippen LogP contribution is 2.33. The summed E-state index contributed by atoms with van der Waals surface area (Å²) in [6.45, 7) is 0. The molecule has 0 unspecified atom stereocenters. The van der Waals surface area contributed by atoms with E-state index in [2.05, 4.69) is 15.9 Å². The topological polar surface area (TPSA) is 46.5 Å². The molecule has 0 amide bonds. The van der Waals surface area contributed by atoms with Gasteiger partial charge in [0, 0.05) is 9.86 Å². The number of benzene rings is 3. The molecule has 0 aliphatic heterocycles. The van der Waals surface area contributed by atoms with Gasteiger partial charge in [-0.1, -0.05) is 52.3 Å². The summed E-state index contributed by atoms with van der Waals surface area (Å²) in [4.78, 5) is 11.3. The molecule has 0 saturated carbocycles. The number of fused-ring (bicyclic) bond motifs is 1. The molecule has 0 saturated heterocycles. The summed E-state index contributed by atoms with van der Waals surface area (Å²) in [5.74, 6) is -0.0698. The Morgan fingerprint density at radius 1 is 0.952 bits per heavy atom. The monoisotopic (exact) mass is 342 g/mol. The van der Waals surface area contributed by atoms with Gasteiger partial charge in [0.05, 0.1) is 0 Å². The van der Waals surface area contributed by atoms with E-state index in [4.69, 9.17) is 4.74 Å². The molecule has 4 heteroatoms. The zero-order valence-electron chi connectivity index (χ0n) is 10.9. The highest BCUT2D eigenvalue weighted by atomic mass is 79.9. The second-order valence-corrected chi connectivity index (χ2v) is 5.44. The number of hydrogen-bond donors (Lipinski definition) is 1. The van der Waals surface area contributed by atoms with Crippen molar-refractivity contribution in [1.29, 1.82) is 0 Å². The highest BCUT2D eigenvalue weighted by molar-refractivity contribution is 9.10. The van der Waals surface area contributed by atoms with E-state index in [0.29, 0.717) is 11.5 Å². The number of carboxylic acid groups (broad SMARTS) is 1. The molecule has 1 N–H and O–H groups in total. The first kappa shape index (κ1) is 13.6. The van der Waals surface area contributed by atoms with Gasteiger partial charge in [-0.05, 0) is 29.7 Å². The molecule has 104 valence electrons. The van der Waals surface area contributed by atoms with Crippen molar-refractivity contribution < 1.29 is 14.6 Å². The zero-order valence-corrected chi connectivity index (χ0v) is 12.5. The molecular formula is C17H11BrO3. The fraction of sp³-hybridized carbons (Fsp3) is 0. The summed E-state index contributed by atoms with van der Waals surface area (Å²) in [5, 5.41) is 11.2. The Bertz CT molecular complexity index is 822. The van der Waals surface area contributed by atoms with Crippen molar-refractivity contribution in [3.8, 4) is 11.5 Å². The van der Waals surface area contributed by atoms with Gasteiger partial charge >= 0.3 is 5.97 Å². The third-order valence-electron chi connectivity index (χ3n) is 3.14. The molecule has 0 radical (unpaired) electrons. The number of aromatic carboxylic acids is 1. The number of halogens is 1. The molecule has 0 atom stereocenters. The normalized spacial score (nSPS) is 10.5. The van der Waals surface area contributed by atoms with Gasteiger partial charge in [0.2, 0.25) is 0 Å². The van der Waals surface area contributed by atoms with Crippen LogP contribution in [0.4, 0.5) is 0 Å². The first-order chi connectivity index (χ1) is 10.1. The van der Waals surface area contributed by atoms with Gasteiger partial charge in [-0.15, -0.1) is 0 Å². The van der Waals surface area contributed by atoms with Crippen LogP contribution in [-0.4, -0.2) is 11.1 Å². The summed E-state index contributed by atoms with van der Waals surface area (Å²) in [5.41, 5.74) is 0.131. The number of carbonyl (C=O) groups is 1. The molecule has 3 aromatic carbocycles. The van der Waals surface area contributed by atoms with Gasteiger partial charge in [0.25, 0.3) is 0 Å². The number of ether oxygens (including phenoxy) is 1. The third kappa shape index (κ3) is 2.76. The standard InChI is InChI=1S/C17H11BrO3/c18-12-8-9-14(17(19)20)16(10-12)21-15-7-3-5-11-4-1-2-6-13(11)15/h1-10H,(H,19,20). The van der Waals surface area contributed by atoms with Crippen LogP contribution in [0.25, 0.3) is 10.8 Å². The van der Waals surface area contributed by atoms with Crippen molar-refractivity contribution in [1.82, 2.24) is 0 Å². The minimum absolute atomic E-state index is 0.131. The SMILES string of the molecule is O=C(O)c1ccc(Br)cc1Oc1cccc2ccccc12. The van der Waals surface area contributed by atoms with Crippen LogP contribution in [0.1, 0.15) is 10.4 Å². The summed E-state index contributed by atoms with van der Waals surface area (Å²) < 4.78 is 6.62. The van der Waals surface area contributed by atoms with Crippen LogP contribution in [-0.2, 0) is 0 Å². The van der Waals surface area contributed by atoms with E-state index in [1.54, 1.807) is 12.1 Å². The van der Waals surface area contributed by atoms with Gasteiger partial charge in [0.1, 0.15) is 17.1 Å². The lowest BCUT2D eigenvalue weighted by atomic mass is 10.1. The van der Waals surface area contributed by atoms with Crippen molar-refractivity contribution in [2.75, 3.05) is 0 Å². The molecule has 0 spiro atoms. The number of carboxylic acids is 1. The molecule has 3 nitrogen and oxygen atoms in total. The predicted molar refractivity (Wildman–Crippen MR) is 85.1 cm³/mol. The second kappa shape index (κ2) is 5.58. The van der Waals surface area contributed by atoms with Gasteiger partial charge in [-0.2, -0.15) is 0 Å². The van der Waals surface area contributed by atoms with Crippen LogP contribution in [0.3, 0.4) is 0 Å². The average Bonchev–Trinajstić information content (AvgIpc) is 2.47. The molecule has 0 fully saturated rings. The van der Waals surface area contributed by atoms with Crippen LogP contribution in [0.2, 0.25) is 0 Å². The van der Waals surface area contributed by atoms with Crippen molar-refractivity contribution in [3.63, 3.8) is 0 Å². The quantitative estimate of drug-likeness (QED) is 0.720. The van der Waals surface area contributed by atoms with E-state index in [1.807, 2.05) is 42.5 Å². The van der Waals surface area contributed by atoms with E-state index in [0.717, 1.165) is 15.2 Å². The summed E-state index contributed by atoms with van der Waals surface area (Å²) in [6.07, 6.45) is 0. The maximum Gasteiger partial charge on any atom is 0.339 e. The third-order valence-corrected chi connectivity index (χ3v) is 3.64. The molecule has 0 aliphatic rings. The zero-order chi connectivity index (χ0) is 14.8. The Hall–Kier alpha value is -2.33. The largest absolute Gasteiger partial charge is 0.478 e. The van der Waals surface area contributed by atoms with Crippen molar-refractivity contribution >= 4 is 32.7 Å². The van der Waals surface area contributed by atoms with Gasteiger partial charge in [-0.25, -0.2) is 4.79 Å². The Kier molecular flexibility index (Phi) is 3.62. The van der Waals surface area contributed by atoms with Crippen LogP contribution < -0.4 is 4.74 Å². The lowest BCUT2D eigenvalue weighted by molar-refractivity contribution is 0.0694. The maximum atomic E-state index is 11.3. The molecular weight excluding hydrogens is 332 g/mol. The Labute approximate surface area is 129 Å². The predicted octanol–water partition coefficient (Wildman–Crippen LogP) is 5.09. The van der Waals surface area contributed by atoms with E-state index in [9.17, 15) is 9.90 Å². The Morgan fingerprint density at radius 3 is 2.52 bits per heavy atom. The molecule has 3 aromatic rings. The molecule has 21 heavy (non-hydrogen) atoms. The van der Waals surface area contributed by atoms with E-state index in [1.165, 1.54) is 6.07 Å². The van der Waals surface area contributed by atoms with Crippen molar-refractivity contribution in [2.24, 2.45) is 0 Å². The van der Waals surface area contributed by atoms with Crippen molar-refractivity contribution in [2.45, 2.75) is 0 Å². The lowest BCUT2D eigenvalue weighted by Gasteiger charge is -2.11. The summed E-state index contributed by atoms with van der Waals surface area (Å²) in [6, 6.07) is 18.4. The lowest BCUT2D eigenvalue weighted by Crippen LogP contribution is -2.00. The van der Waals surface area contributed by atoms with Crippen LogP contribution >= 0.6 is 15.9 Å². The van der Waals surface area contributed by atoms with Crippen LogP contribution in [0.15, 0.2) is 65.1 Å². The van der Waals surface area contributed by atoms with Crippen molar-refractivity contribution in [3.05, 3.63) is 70.7 Å². The maximum absolute atomic E-state index is 11.3. The Balaban J connectivity index is 2.11. The second-order valence-electron chi connectivity index (χ2n) is 4.52. The highest BCUT2D eigenvalue weighted by Gasteiger charge is 2.13. The van der Waals surface area contributed by atoms with Gasteiger partial charge in [-0.3, -0.25) is 0 Å². The molecule has 0 aliphatic carbocycles. The van der Waals surface area contributed by atoms with Gasteiger partial charge in [0.15, 0.2) is 0 Å². The van der Waals surface area contributed by atoms with E-state index < -0.39 is 5.97 Å². The average molecular weight is 343 g/mol. The molecule has 3 rings (SSSR count). The minimum Gasteiger partial charge on any atom is -0.478 e. The Morgan fingerprint density at radius 2 is 1.71 bits per heavy atom. The minimum atomic E-state index is -1.02. The molecule has 0 aromatic heterocycles. The summed E-state index contributed by atoms with van der Waals surface area (Å²) >= 11 is 3.34. The van der Waals surface area contributed by atoms with E-state index >= 15 is 0 Å². The molecule has 0 bridgehead atoms. The fourth-order valence-corrected chi connectivity index (χ4v) is 2.50. The van der Waals surface area contributed by atoms with Crippen LogP contribution in [0, 0.1) is 0 Å². The molecule has 0 heterocycles. The fourth-order valence-electron chi connectivity index (χ4n) is 2.16. The number of rotatable bonds is 3. The first-order valence-corrected chi connectivity index (χ1v) is 7.13. The number of hydrogen-bond acceptors (Lipinski definition) is 2. The summed E-state index contributed by atoms with van der Waals surface area (Å²) in [7, 11) is 0. The first-order valence-electron chi connectivity index (χ1n) is 6.33. The van der Waals surface area contributed by atoms with Crippen LogP contribution in [0.5, 0.6) is 11.5 Å². The van der Waals surface area contributed by atoms with Gasteiger partial charge < -0.3 is 9.84 Å².